The fourth-order valence-corrected chi connectivity index (χ4v) is 1.61. The average molecular weight is 248 g/mol. The van der Waals surface area contributed by atoms with Crippen LogP contribution in [0.4, 0.5) is 11.4 Å². The van der Waals surface area contributed by atoms with E-state index in [1.54, 1.807) is 0 Å². The Kier molecular flexibility index (Phi) is 2.80. The lowest BCUT2D eigenvalue weighted by Gasteiger charge is -2.14. The van der Waals surface area contributed by atoms with Crippen molar-refractivity contribution < 1.29 is 19.2 Å². The van der Waals surface area contributed by atoms with Crippen LogP contribution in [0.25, 0.3) is 0 Å². The highest BCUT2D eigenvalue weighted by molar-refractivity contribution is 6.28. The number of nitrogens with zero attached hydrogens (tertiary/aromatic N) is 2. The maximum absolute atomic E-state index is 11.4. The quantitative estimate of drug-likeness (QED) is 0.452. The minimum Gasteiger partial charge on any atom is -0.490 e. The summed E-state index contributed by atoms with van der Waals surface area (Å²) in [6.07, 6.45) is 2.22. The highest BCUT2D eigenvalue weighted by Crippen LogP contribution is 2.32. The zero-order chi connectivity index (χ0) is 13.3. The second kappa shape index (κ2) is 4.28. The molecule has 0 saturated carbocycles. The van der Waals surface area contributed by atoms with Gasteiger partial charge in [0.15, 0.2) is 5.75 Å². The van der Waals surface area contributed by atoms with E-state index < -0.39 is 16.7 Å². The Balaban J connectivity index is 2.48. The van der Waals surface area contributed by atoms with Crippen LogP contribution in [0, 0.1) is 10.1 Å². The average Bonchev–Trinajstić information content (AvgIpc) is 2.68. The summed E-state index contributed by atoms with van der Waals surface area (Å²) >= 11 is 0. The molecule has 0 unspecified atom stereocenters. The van der Waals surface area contributed by atoms with Crippen molar-refractivity contribution in [2.45, 2.75) is 0 Å². The van der Waals surface area contributed by atoms with Crippen molar-refractivity contribution in [3.63, 3.8) is 0 Å². The number of nitro groups is 1. The van der Waals surface area contributed by atoms with E-state index in [4.69, 9.17) is 4.74 Å². The second-order valence-electron chi connectivity index (χ2n) is 3.46. The maximum Gasteiger partial charge on any atom is 0.313 e. The van der Waals surface area contributed by atoms with Crippen molar-refractivity contribution in [2.75, 3.05) is 12.0 Å². The first-order chi connectivity index (χ1) is 8.54. The SMILES string of the molecule is COc1ccc(N2C(=O)C=CC2=O)cc1[N+](=O)[O-]. The molecular weight excluding hydrogens is 240 g/mol. The van der Waals surface area contributed by atoms with Gasteiger partial charge in [-0.2, -0.15) is 0 Å². The number of hydrogen-bond donors (Lipinski definition) is 0. The van der Waals surface area contributed by atoms with Gasteiger partial charge < -0.3 is 4.74 Å². The van der Waals surface area contributed by atoms with Gasteiger partial charge in [0.1, 0.15) is 0 Å². The number of amides is 2. The van der Waals surface area contributed by atoms with Crippen LogP contribution in [-0.2, 0) is 9.59 Å². The first-order valence-electron chi connectivity index (χ1n) is 4.93. The Morgan fingerprint density at radius 1 is 1.22 bits per heavy atom. The molecule has 0 radical (unpaired) electrons. The van der Waals surface area contributed by atoms with Crippen LogP contribution in [0.1, 0.15) is 0 Å². The van der Waals surface area contributed by atoms with Crippen LogP contribution in [-0.4, -0.2) is 23.8 Å². The van der Waals surface area contributed by atoms with E-state index in [1.165, 1.54) is 19.2 Å². The Morgan fingerprint density at radius 3 is 2.33 bits per heavy atom. The van der Waals surface area contributed by atoms with E-state index in [-0.39, 0.29) is 17.1 Å². The molecule has 18 heavy (non-hydrogen) atoms. The summed E-state index contributed by atoms with van der Waals surface area (Å²) in [6.45, 7) is 0. The van der Waals surface area contributed by atoms with Crippen LogP contribution in [0.2, 0.25) is 0 Å². The number of imide groups is 1. The van der Waals surface area contributed by atoms with E-state index in [2.05, 4.69) is 0 Å². The number of carbonyl (C=O) groups is 2. The first kappa shape index (κ1) is 11.8. The van der Waals surface area contributed by atoms with Gasteiger partial charge in [-0.05, 0) is 12.1 Å². The van der Waals surface area contributed by atoms with E-state index in [0.29, 0.717) is 0 Å². The molecule has 1 aromatic carbocycles. The molecule has 0 aliphatic carbocycles. The number of anilines is 1. The molecule has 1 aliphatic heterocycles. The molecule has 0 N–H and O–H groups in total. The van der Waals surface area contributed by atoms with Crippen molar-refractivity contribution in [1.29, 1.82) is 0 Å². The van der Waals surface area contributed by atoms with Gasteiger partial charge in [0, 0.05) is 18.2 Å². The molecule has 0 saturated heterocycles. The summed E-state index contributed by atoms with van der Waals surface area (Å²) in [7, 11) is 1.30. The van der Waals surface area contributed by atoms with Gasteiger partial charge in [-0.25, -0.2) is 4.90 Å². The van der Waals surface area contributed by atoms with Crippen molar-refractivity contribution in [2.24, 2.45) is 0 Å². The molecule has 7 nitrogen and oxygen atoms in total. The molecule has 0 spiro atoms. The Bertz CT molecular complexity index is 561. The largest absolute Gasteiger partial charge is 0.490 e. The minimum atomic E-state index is -0.638. The van der Waals surface area contributed by atoms with Crippen molar-refractivity contribution in [1.82, 2.24) is 0 Å². The van der Waals surface area contributed by atoms with Crippen molar-refractivity contribution >= 4 is 23.2 Å². The lowest BCUT2D eigenvalue weighted by atomic mass is 10.2. The summed E-state index contributed by atoms with van der Waals surface area (Å²) in [6, 6.07) is 3.88. The van der Waals surface area contributed by atoms with Gasteiger partial charge in [0.25, 0.3) is 11.8 Å². The smallest absolute Gasteiger partial charge is 0.313 e. The number of methoxy groups -OCH3 is 1. The lowest BCUT2D eigenvalue weighted by molar-refractivity contribution is -0.385. The highest BCUT2D eigenvalue weighted by Gasteiger charge is 2.27. The van der Waals surface area contributed by atoms with E-state index in [0.717, 1.165) is 23.1 Å². The Hall–Kier alpha value is -2.70. The number of rotatable bonds is 3. The predicted molar refractivity (Wildman–Crippen MR) is 61.3 cm³/mol. The molecular formula is C11H8N2O5. The third-order valence-corrected chi connectivity index (χ3v) is 2.43. The van der Waals surface area contributed by atoms with E-state index >= 15 is 0 Å². The van der Waals surface area contributed by atoms with Crippen LogP contribution in [0.15, 0.2) is 30.4 Å². The van der Waals surface area contributed by atoms with Crippen LogP contribution in [0.3, 0.4) is 0 Å². The Morgan fingerprint density at radius 2 is 1.83 bits per heavy atom. The molecule has 1 heterocycles. The lowest BCUT2D eigenvalue weighted by Crippen LogP contribution is -2.29. The van der Waals surface area contributed by atoms with Crippen molar-refractivity contribution in [3.8, 4) is 5.75 Å². The van der Waals surface area contributed by atoms with Gasteiger partial charge in [-0.1, -0.05) is 0 Å². The number of benzene rings is 1. The number of ether oxygens (including phenoxy) is 1. The molecule has 0 fully saturated rings. The monoisotopic (exact) mass is 248 g/mol. The molecule has 2 amide bonds. The van der Waals surface area contributed by atoms with Crippen LogP contribution < -0.4 is 9.64 Å². The third kappa shape index (κ3) is 1.81. The summed E-state index contributed by atoms with van der Waals surface area (Å²) in [5, 5.41) is 10.8. The molecule has 0 atom stereocenters. The zero-order valence-corrected chi connectivity index (χ0v) is 9.32. The topological polar surface area (TPSA) is 89.8 Å². The zero-order valence-electron chi connectivity index (χ0n) is 9.32. The van der Waals surface area contributed by atoms with Gasteiger partial charge >= 0.3 is 5.69 Å². The number of hydrogen-bond acceptors (Lipinski definition) is 5. The highest BCUT2D eigenvalue weighted by atomic mass is 16.6. The van der Waals surface area contributed by atoms with Gasteiger partial charge in [0.05, 0.1) is 17.7 Å². The summed E-state index contributed by atoms with van der Waals surface area (Å²) in [4.78, 5) is 33.9. The maximum atomic E-state index is 11.4. The fraction of sp³-hybridized carbons (Fsp3) is 0.0909. The van der Waals surface area contributed by atoms with Crippen LogP contribution >= 0.6 is 0 Å². The van der Waals surface area contributed by atoms with Crippen LogP contribution in [0.5, 0.6) is 5.75 Å². The first-order valence-corrected chi connectivity index (χ1v) is 4.93. The summed E-state index contributed by atoms with van der Waals surface area (Å²) in [5.74, 6) is -0.991. The molecule has 2 rings (SSSR count). The van der Waals surface area contributed by atoms with Gasteiger partial charge in [0.2, 0.25) is 0 Å². The molecule has 0 aromatic heterocycles. The molecule has 1 aliphatic rings. The van der Waals surface area contributed by atoms with E-state index in [9.17, 15) is 19.7 Å². The molecule has 7 heteroatoms. The third-order valence-electron chi connectivity index (χ3n) is 2.43. The van der Waals surface area contributed by atoms with E-state index in [1.807, 2.05) is 0 Å². The molecule has 1 aromatic rings. The number of nitro benzene ring substituents is 1. The normalized spacial score (nSPS) is 14.2. The van der Waals surface area contributed by atoms with Gasteiger partial charge in [-0.15, -0.1) is 0 Å². The predicted octanol–water partition coefficient (Wildman–Crippen LogP) is 1.03. The van der Waals surface area contributed by atoms with Gasteiger partial charge in [-0.3, -0.25) is 19.7 Å². The molecule has 92 valence electrons. The standard InChI is InChI=1S/C11H8N2O5/c1-18-9-3-2-7(6-8(9)13(16)17)12-10(14)4-5-11(12)15/h2-6H,1H3. The Labute approximate surface area is 101 Å². The fourth-order valence-electron chi connectivity index (χ4n) is 1.61. The summed E-state index contributed by atoms with van der Waals surface area (Å²) in [5.41, 5.74) is -0.162. The van der Waals surface area contributed by atoms with Crippen molar-refractivity contribution in [3.05, 3.63) is 40.5 Å². The number of carbonyl (C=O) groups excluding carboxylic acids is 2. The minimum absolute atomic E-state index is 0.0656. The summed E-state index contributed by atoms with van der Waals surface area (Å²) < 4.78 is 4.83. The second-order valence-corrected chi connectivity index (χ2v) is 3.46. The molecule has 0 bridgehead atoms.